The lowest BCUT2D eigenvalue weighted by atomic mass is 10.2. The van der Waals surface area contributed by atoms with Crippen molar-refractivity contribution in [2.24, 2.45) is 5.10 Å². The number of nitrogens with one attached hydrogen (secondary N) is 2. The van der Waals surface area contributed by atoms with Crippen LogP contribution in [-0.2, 0) is 14.3 Å². The van der Waals surface area contributed by atoms with E-state index in [1.54, 1.807) is 12.1 Å². The molecule has 1 rings (SSSR count). The van der Waals surface area contributed by atoms with Gasteiger partial charge in [0.05, 0.1) is 12.8 Å². The Morgan fingerprint density at radius 3 is 2.90 bits per heavy atom. The molecule has 0 saturated carbocycles. The summed E-state index contributed by atoms with van der Waals surface area (Å²) >= 11 is 3.24. The second-order valence-electron chi connectivity index (χ2n) is 3.65. The van der Waals surface area contributed by atoms with E-state index in [1.165, 1.54) is 19.4 Å². The first-order chi connectivity index (χ1) is 9.54. The van der Waals surface area contributed by atoms with E-state index in [2.05, 4.69) is 31.8 Å². The predicted octanol–water partition coefficient (Wildman–Crippen LogP) is 0.367. The third-order valence-electron chi connectivity index (χ3n) is 2.16. The topological polar surface area (TPSA) is 100 Å². The van der Waals surface area contributed by atoms with Gasteiger partial charge in [0.15, 0.2) is 0 Å². The Hall–Kier alpha value is -1.93. The Morgan fingerprint density at radius 2 is 2.20 bits per heavy atom. The molecule has 0 bridgehead atoms. The van der Waals surface area contributed by atoms with Crippen LogP contribution in [0.3, 0.4) is 0 Å². The van der Waals surface area contributed by atoms with Crippen molar-refractivity contribution in [2.45, 2.75) is 0 Å². The summed E-state index contributed by atoms with van der Waals surface area (Å²) in [6, 6.07) is 4.75. The summed E-state index contributed by atoms with van der Waals surface area (Å²) < 4.78 is 5.48. The van der Waals surface area contributed by atoms with Crippen molar-refractivity contribution in [3.8, 4) is 5.75 Å². The number of hydrazone groups is 1. The van der Waals surface area contributed by atoms with E-state index in [4.69, 9.17) is 4.74 Å². The summed E-state index contributed by atoms with van der Waals surface area (Å²) in [7, 11) is 1.49. The van der Waals surface area contributed by atoms with E-state index in [-0.39, 0.29) is 12.3 Å². The number of carbonyl (C=O) groups excluding carboxylic acids is 2. The van der Waals surface area contributed by atoms with E-state index in [0.29, 0.717) is 12.2 Å². The first-order valence-corrected chi connectivity index (χ1v) is 6.42. The summed E-state index contributed by atoms with van der Waals surface area (Å²) in [5.74, 6) is -1.69. The van der Waals surface area contributed by atoms with Crippen LogP contribution in [0.4, 0.5) is 0 Å². The number of phenolic OH excluding ortho intramolecular Hbond substituents is 1. The van der Waals surface area contributed by atoms with Crippen LogP contribution in [0, 0.1) is 0 Å². The highest BCUT2D eigenvalue weighted by Gasteiger charge is 2.11. The second-order valence-corrected chi connectivity index (χ2v) is 4.57. The molecule has 0 heterocycles. The number of aromatic hydroxyl groups is 1. The highest BCUT2D eigenvalue weighted by molar-refractivity contribution is 9.10. The van der Waals surface area contributed by atoms with Crippen LogP contribution < -0.4 is 10.7 Å². The minimum atomic E-state index is -0.896. The molecule has 1 aromatic carbocycles. The lowest BCUT2D eigenvalue weighted by molar-refractivity contribution is -0.139. The average molecular weight is 344 g/mol. The number of amides is 2. The SMILES string of the molecule is COCCNC(=O)C(=O)N/N=C/c1cc(Br)ccc1O. The number of hydrogen-bond donors (Lipinski definition) is 3. The lowest BCUT2D eigenvalue weighted by Crippen LogP contribution is -2.39. The number of rotatable bonds is 5. The Kier molecular flexibility index (Phi) is 6.68. The monoisotopic (exact) mass is 343 g/mol. The van der Waals surface area contributed by atoms with Crippen LogP contribution in [0.25, 0.3) is 0 Å². The minimum Gasteiger partial charge on any atom is -0.507 e. The highest BCUT2D eigenvalue weighted by Crippen LogP contribution is 2.19. The fourth-order valence-corrected chi connectivity index (χ4v) is 1.57. The Balaban J connectivity index is 2.49. The molecule has 0 aliphatic heterocycles. The van der Waals surface area contributed by atoms with Gasteiger partial charge in [-0.3, -0.25) is 9.59 Å². The number of ether oxygens (including phenoxy) is 1. The molecule has 0 aromatic heterocycles. The van der Waals surface area contributed by atoms with Gasteiger partial charge in [-0.25, -0.2) is 5.43 Å². The van der Waals surface area contributed by atoms with E-state index in [9.17, 15) is 14.7 Å². The maximum atomic E-state index is 11.3. The van der Waals surface area contributed by atoms with E-state index in [1.807, 2.05) is 0 Å². The Bertz CT molecular complexity index is 519. The number of methoxy groups -OCH3 is 1. The van der Waals surface area contributed by atoms with Crippen molar-refractivity contribution < 1.29 is 19.4 Å². The van der Waals surface area contributed by atoms with Gasteiger partial charge in [-0.15, -0.1) is 0 Å². The van der Waals surface area contributed by atoms with Gasteiger partial charge in [0.2, 0.25) is 0 Å². The highest BCUT2D eigenvalue weighted by atomic mass is 79.9. The van der Waals surface area contributed by atoms with Crippen molar-refractivity contribution in [3.05, 3.63) is 28.2 Å². The molecule has 1 aromatic rings. The van der Waals surface area contributed by atoms with Gasteiger partial charge < -0.3 is 15.2 Å². The first kappa shape index (κ1) is 16.1. The average Bonchev–Trinajstić information content (AvgIpc) is 2.42. The van der Waals surface area contributed by atoms with Crippen LogP contribution in [0.15, 0.2) is 27.8 Å². The lowest BCUT2D eigenvalue weighted by Gasteiger charge is -2.03. The van der Waals surface area contributed by atoms with Gasteiger partial charge in [-0.05, 0) is 18.2 Å². The fraction of sp³-hybridized carbons (Fsp3) is 0.250. The van der Waals surface area contributed by atoms with Crippen LogP contribution in [-0.4, -0.2) is 43.4 Å². The molecular formula is C12H14BrN3O4. The van der Waals surface area contributed by atoms with E-state index >= 15 is 0 Å². The zero-order valence-electron chi connectivity index (χ0n) is 10.7. The van der Waals surface area contributed by atoms with Gasteiger partial charge in [0, 0.05) is 23.7 Å². The second kappa shape index (κ2) is 8.28. The molecule has 0 aliphatic rings. The normalized spacial score (nSPS) is 10.5. The zero-order valence-corrected chi connectivity index (χ0v) is 12.3. The molecule has 0 saturated heterocycles. The van der Waals surface area contributed by atoms with E-state index < -0.39 is 11.8 Å². The third kappa shape index (κ3) is 5.37. The fourth-order valence-electron chi connectivity index (χ4n) is 1.19. The summed E-state index contributed by atoms with van der Waals surface area (Å²) in [5.41, 5.74) is 2.46. The third-order valence-corrected chi connectivity index (χ3v) is 2.65. The molecule has 108 valence electrons. The van der Waals surface area contributed by atoms with Crippen LogP contribution in [0.1, 0.15) is 5.56 Å². The van der Waals surface area contributed by atoms with Crippen LogP contribution >= 0.6 is 15.9 Å². The maximum absolute atomic E-state index is 11.3. The van der Waals surface area contributed by atoms with Gasteiger partial charge in [-0.2, -0.15) is 5.10 Å². The molecular weight excluding hydrogens is 330 g/mol. The molecule has 0 fully saturated rings. The number of carbonyl (C=O) groups is 2. The molecule has 0 aliphatic carbocycles. The number of benzene rings is 1. The van der Waals surface area contributed by atoms with Crippen molar-refractivity contribution >= 4 is 34.0 Å². The standard InChI is InChI=1S/C12H14BrN3O4/c1-20-5-4-14-11(18)12(19)16-15-7-8-6-9(13)2-3-10(8)17/h2-3,6-7,17H,4-5H2,1H3,(H,14,18)(H,16,19)/b15-7+. The molecule has 3 N–H and O–H groups in total. The van der Waals surface area contributed by atoms with E-state index in [0.717, 1.165) is 4.47 Å². The predicted molar refractivity (Wildman–Crippen MR) is 76.4 cm³/mol. The summed E-state index contributed by atoms with van der Waals surface area (Å²) in [6.45, 7) is 0.549. The van der Waals surface area contributed by atoms with Crippen molar-refractivity contribution in [2.75, 3.05) is 20.3 Å². The molecule has 0 atom stereocenters. The number of phenols is 1. The summed E-state index contributed by atoms with van der Waals surface area (Å²) in [4.78, 5) is 22.6. The molecule has 0 unspecified atom stereocenters. The van der Waals surface area contributed by atoms with Crippen LogP contribution in [0.2, 0.25) is 0 Å². The minimum absolute atomic E-state index is 0.00995. The summed E-state index contributed by atoms with van der Waals surface area (Å²) in [5, 5.41) is 15.5. The summed E-state index contributed by atoms with van der Waals surface area (Å²) in [6.07, 6.45) is 1.24. The molecule has 0 radical (unpaired) electrons. The largest absolute Gasteiger partial charge is 0.507 e. The molecule has 7 nitrogen and oxygen atoms in total. The Morgan fingerprint density at radius 1 is 1.45 bits per heavy atom. The molecule has 20 heavy (non-hydrogen) atoms. The van der Waals surface area contributed by atoms with Crippen LogP contribution in [0.5, 0.6) is 5.75 Å². The van der Waals surface area contributed by atoms with Gasteiger partial charge >= 0.3 is 11.8 Å². The van der Waals surface area contributed by atoms with Gasteiger partial charge in [0.25, 0.3) is 0 Å². The number of hydrogen-bond acceptors (Lipinski definition) is 5. The zero-order chi connectivity index (χ0) is 15.0. The smallest absolute Gasteiger partial charge is 0.329 e. The van der Waals surface area contributed by atoms with Crippen molar-refractivity contribution in [1.82, 2.24) is 10.7 Å². The van der Waals surface area contributed by atoms with Crippen molar-refractivity contribution in [3.63, 3.8) is 0 Å². The molecule has 2 amide bonds. The molecule has 0 spiro atoms. The number of nitrogens with zero attached hydrogens (tertiary/aromatic N) is 1. The number of halogens is 1. The van der Waals surface area contributed by atoms with Gasteiger partial charge in [0.1, 0.15) is 5.75 Å². The quantitative estimate of drug-likeness (QED) is 0.311. The molecule has 8 heteroatoms. The van der Waals surface area contributed by atoms with Gasteiger partial charge in [-0.1, -0.05) is 15.9 Å². The Labute approximate surface area is 124 Å². The maximum Gasteiger partial charge on any atom is 0.329 e. The van der Waals surface area contributed by atoms with Crippen molar-refractivity contribution in [1.29, 1.82) is 0 Å². The first-order valence-electron chi connectivity index (χ1n) is 5.63.